The predicted octanol–water partition coefficient (Wildman–Crippen LogP) is 4.35. The fraction of sp³-hybridized carbons (Fsp3) is 0.333. The molecule has 0 saturated carbocycles. The van der Waals surface area contributed by atoms with Gasteiger partial charge in [-0.2, -0.15) is 0 Å². The Kier molecular flexibility index (Phi) is 6.00. The minimum absolute atomic E-state index is 0.251. The van der Waals surface area contributed by atoms with Gasteiger partial charge in [0.2, 0.25) is 0 Å². The first-order valence-electron chi connectivity index (χ1n) is 8.32. The summed E-state index contributed by atoms with van der Waals surface area (Å²) < 4.78 is 0. The first-order valence-corrected chi connectivity index (χ1v) is 9.08. The molecular formula is C18H20Cl2N4O. The molecule has 1 aromatic carbocycles. The number of anilines is 2. The second kappa shape index (κ2) is 8.41. The zero-order valence-electron chi connectivity index (χ0n) is 13.8. The number of amides is 2. The van der Waals surface area contributed by atoms with Crippen LogP contribution < -0.4 is 15.5 Å². The lowest BCUT2D eigenvalue weighted by atomic mass is 10.1. The van der Waals surface area contributed by atoms with Crippen LogP contribution in [0, 0.1) is 0 Å². The third-order valence-electron chi connectivity index (χ3n) is 4.14. The van der Waals surface area contributed by atoms with Crippen molar-refractivity contribution in [1.29, 1.82) is 0 Å². The minimum Gasteiger partial charge on any atom is -0.355 e. The normalized spacial score (nSPS) is 13.8. The minimum atomic E-state index is -0.251. The monoisotopic (exact) mass is 378 g/mol. The molecule has 25 heavy (non-hydrogen) atoms. The van der Waals surface area contributed by atoms with E-state index in [2.05, 4.69) is 20.5 Å². The lowest BCUT2D eigenvalue weighted by Gasteiger charge is -2.20. The van der Waals surface area contributed by atoms with E-state index in [1.54, 1.807) is 18.3 Å². The predicted molar refractivity (Wildman–Crippen MR) is 103 cm³/mol. The molecule has 1 aliphatic rings. The number of pyridine rings is 1. The number of aromatic nitrogens is 1. The van der Waals surface area contributed by atoms with E-state index in [0.717, 1.165) is 43.0 Å². The molecule has 0 bridgehead atoms. The molecule has 7 heteroatoms. The molecule has 5 nitrogen and oxygen atoms in total. The summed E-state index contributed by atoms with van der Waals surface area (Å²) in [6, 6.07) is 8.81. The summed E-state index contributed by atoms with van der Waals surface area (Å²) in [5.74, 6) is 0.830. The van der Waals surface area contributed by atoms with Gasteiger partial charge in [0.1, 0.15) is 0 Å². The molecule has 0 spiro atoms. The summed E-state index contributed by atoms with van der Waals surface area (Å²) in [4.78, 5) is 18.8. The van der Waals surface area contributed by atoms with Crippen molar-refractivity contribution in [1.82, 2.24) is 10.3 Å². The number of halogens is 2. The van der Waals surface area contributed by atoms with Gasteiger partial charge in [0.05, 0.1) is 5.69 Å². The van der Waals surface area contributed by atoms with Crippen molar-refractivity contribution in [2.45, 2.75) is 19.3 Å². The molecule has 1 aromatic heterocycles. The van der Waals surface area contributed by atoms with Crippen molar-refractivity contribution in [3.8, 4) is 0 Å². The van der Waals surface area contributed by atoms with Crippen LogP contribution in [-0.4, -0.2) is 30.6 Å². The van der Waals surface area contributed by atoms with Crippen LogP contribution >= 0.6 is 23.2 Å². The molecule has 2 N–H and O–H groups in total. The van der Waals surface area contributed by atoms with E-state index >= 15 is 0 Å². The van der Waals surface area contributed by atoms with Gasteiger partial charge in [0.15, 0.2) is 5.82 Å². The van der Waals surface area contributed by atoms with Gasteiger partial charge in [-0.15, -0.1) is 0 Å². The Bertz CT molecular complexity index is 748. The Morgan fingerprint density at radius 2 is 2.00 bits per heavy atom. The molecular weight excluding hydrogens is 359 g/mol. The molecule has 3 rings (SSSR count). The topological polar surface area (TPSA) is 57.3 Å². The largest absolute Gasteiger partial charge is 0.355 e. The Hall–Kier alpha value is -1.98. The van der Waals surface area contributed by atoms with Gasteiger partial charge in [-0.05, 0) is 49.1 Å². The van der Waals surface area contributed by atoms with Gasteiger partial charge >= 0.3 is 6.03 Å². The maximum atomic E-state index is 12.2. The van der Waals surface area contributed by atoms with Crippen molar-refractivity contribution in [3.63, 3.8) is 0 Å². The molecule has 2 amide bonds. The van der Waals surface area contributed by atoms with Crippen LogP contribution in [0.3, 0.4) is 0 Å². The third kappa shape index (κ3) is 4.77. The molecule has 2 aromatic rings. The standard InChI is InChI=1S/C18H20Cl2N4O/c19-14-6-5-13(15(20)12-14)7-9-22-18(25)23-16-4-3-8-21-17(16)24-10-1-2-11-24/h3-6,8,12H,1-2,7,9-11H2,(H2,22,23,25). The molecule has 0 radical (unpaired) electrons. The number of hydrogen-bond donors (Lipinski definition) is 2. The van der Waals surface area contributed by atoms with E-state index in [-0.39, 0.29) is 6.03 Å². The van der Waals surface area contributed by atoms with Crippen LogP contribution in [0.5, 0.6) is 0 Å². The van der Waals surface area contributed by atoms with Crippen LogP contribution in [0.1, 0.15) is 18.4 Å². The number of nitrogens with one attached hydrogen (secondary N) is 2. The number of hydrogen-bond acceptors (Lipinski definition) is 3. The number of nitrogens with zero attached hydrogens (tertiary/aromatic N) is 2. The van der Waals surface area contributed by atoms with Gasteiger partial charge < -0.3 is 15.5 Å². The summed E-state index contributed by atoms with van der Waals surface area (Å²) in [5.41, 5.74) is 1.68. The van der Waals surface area contributed by atoms with E-state index in [1.165, 1.54) is 0 Å². The Balaban J connectivity index is 1.54. The average molecular weight is 379 g/mol. The number of urea groups is 1. The van der Waals surface area contributed by atoms with Crippen LogP contribution in [0.4, 0.5) is 16.3 Å². The molecule has 1 saturated heterocycles. The molecule has 1 fully saturated rings. The van der Waals surface area contributed by atoms with E-state index in [1.807, 2.05) is 18.2 Å². The Morgan fingerprint density at radius 3 is 2.76 bits per heavy atom. The van der Waals surface area contributed by atoms with E-state index in [4.69, 9.17) is 23.2 Å². The highest BCUT2D eigenvalue weighted by atomic mass is 35.5. The van der Waals surface area contributed by atoms with Gasteiger partial charge in [-0.25, -0.2) is 9.78 Å². The van der Waals surface area contributed by atoms with Crippen molar-refractivity contribution in [2.75, 3.05) is 29.9 Å². The SMILES string of the molecule is O=C(NCCc1ccc(Cl)cc1Cl)Nc1cccnc1N1CCCC1. The maximum Gasteiger partial charge on any atom is 0.319 e. The summed E-state index contributed by atoms with van der Waals surface area (Å²) in [5, 5.41) is 6.95. The summed E-state index contributed by atoms with van der Waals surface area (Å²) in [6.45, 7) is 2.43. The van der Waals surface area contributed by atoms with E-state index in [9.17, 15) is 4.79 Å². The fourth-order valence-corrected chi connectivity index (χ4v) is 3.38. The summed E-state index contributed by atoms with van der Waals surface area (Å²) in [7, 11) is 0. The van der Waals surface area contributed by atoms with Gasteiger partial charge in [0, 0.05) is 35.9 Å². The van der Waals surface area contributed by atoms with Crippen molar-refractivity contribution in [2.24, 2.45) is 0 Å². The molecule has 132 valence electrons. The molecule has 0 atom stereocenters. The highest BCUT2D eigenvalue weighted by molar-refractivity contribution is 6.35. The molecule has 1 aliphatic heterocycles. The summed E-state index contributed by atoms with van der Waals surface area (Å²) >= 11 is 12.0. The maximum absolute atomic E-state index is 12.2. The number of rotatable bonds is 5. The van der Waals surface area contributed by atoms with E-state index in [0.29, 0.717) is 23.0 Å². The average Bonchev–Trinajstić information content (AvgIpc) is 3.12. The molecule has 0 unspecified atom stereocenters. The Labute approximate surface area is 157 Å². The van der Waals surface area contributed by atoms with Gasteiger partial charge in [0.25, 0.3) is 0 Å². The second-order valence-electron chi connectivity index (χ2n) is 5.94. The lowest BCUT2D eigenvalue weighted by molar-refractivity contribution is 0.252. The van der Waals surface area contributed by atoms with Gasteiger partial charge in [-0.3, -0.25) is 0 Å². The van der Waals surface area contributed by atoms with Gasteiger partial charge in [-0.1, -0.05) is 29.3 Å². The zero-order chi connectivity index (χ0) is 17.6. The zero-order valence-corrected chi connectivity index (χ0v) is 15.3. The number of carbonyl (C=O) groups is 1. The first kappa shape index (κ1) is 17.8. The Morgan fingerprint density at radius 1 is 1.20 bits per heavy atom. The van der Waals surface area contributed by atoms with Crippen LogP contribution in [0.15, 0.2) is 36.5 Å². The number of carbonyl (C=O) groups excluding carboxylic acids is 1. The lowest BCUT2D eigenvalue weighted by Crippen LogP contribution is -2.31. The fourth-order valence-electron chi connectivity index (χ4n) is 2.88. The highest BCUT2D eigenvalue weighted by Gasteiger charge is 2.17. The second-order valence-corrected chi connectivity index (χ2v) is 6.78. The van der Waals surface area contributed by atoms with E-state index < -0.39 is 0 Å². The molecule has 2 heterocycles. The first-order chi connectivity index (χ1) is 12.1. The van der Waals surface area contributed by atoms with Crippen molar-refractivity contribution in [3.05, 3.63) is 52.1 Å². The highest BCUT2D eigenvalue weighted by Crippen LogP contribution is 2.26. The van der Waals surface area contributed by atoms with Crippen LogP contribution in [-0.2, 0) is 6.42 Å². The summed E-state index contributed by atoms with van der Waals surface area (Å²) in [6.07, 6.45) is 4.70. The molecule has 0 aliphatic carbocycles. The third-order valence-corrected chi connectivity index (χ3v) is 4.72. The van der Waals surface area contributed by atoms with Crippen molar-refractivity contribution < 1.29 is 4.79 Å². The quantitative estimate of drug-likeness (QED) is 0.812. The number of benzene rings is 1. The van der Waals surface area contributed by atoms with Crippen LogP contribution in [0.2, 0.25) is 10.0 Å². The van der Waals surface area contributed by atoms with Crippen molar-refractivity contribution >= 4 is 40.7 Å². The smallest absolute Gasteiger partial charge is 0.319 e. The van der Waals surface area contributed by atoms with Crippen LogP contribution in [0.25, 0.3) is 0 Å².